The number of halogens is 1. The van der Waals surface area contributed by atoms with E-state index in [1.807, 2.05) is 6.20 Å². The van der Waals surface area contributed by atoms with Crippen LogP contribution in [0.25, 0.3) is 16.6 Å². The van der Waals surface area contributed by atoms with Gasteiger partial charge in [-0.3, -0.25) is 9.88 Å². The number of hydrogen-bond acceptors (Lipinski definition) is 5. The first-order valence-electron chi connectivity index (χ1n) is 12.2. The van der Waals surface area contributed by atoms with E-state index < -0.39 is 10.0 Å². The lowest BCUT2D eigenvalue weighted by Crippen LogP contribution is -2.50. The van der Waals surface area contributed by atoms with Gasteiger partial charge < -0.3 is 0 Å². The maximum atomic E-state index is 13.6. The third-order valence-corrected chi connectivity index (χ3v) is 8.95. The quantitative estimate of drug-likeness (QED) is 0.380. The molecule has 1 aliphatic rings. The van der Waals surface area contributed by atoms with Crippen molar-refractivity contribution in [3.63, 3.8) is 0 Å². The first-order chi connectivity index (χ1) is 17.3. The fraction of sp³-hybridized carbons (Fsp3) is 0.333. The van der Waals surface area contributed by atoms with Gasteiger partial charge in [-0.1, -0.05) is 6.92 Å². The van der Waals surface area contributed by atoms with Gasteiger partial charge >= 0.3 is 0 Å². The molecule has 1 atom stereocenters. The summed E-state index contributed by atoms with van der Waals surface area (Å²) in [6, 6.07) is 12.1. The Bertz CT molecular complexity index is 1500. The van der Waals surface area contributed by atoms with Crippen LogP contribution in [0.1, 0.15) is 36.1 Å². The number of aryl methyl sites for hydroxylation is 2. The zero-order valence-corrected chi connectivity index (χ0v) is 21.5. The highest BCUT2D eigenvalue weighted by Gasteiger charge is 2.36. The van der Waals surface area contributed by atoms with E-state index in [1.54, 1.807) is 40.3 Å². The molecule has 0 N–H and O–H groups in total. The monoisotopic (exact) mass is 507 g/mol. The van der Waals surface area contributed by atoms with Crippen molar-refractivity contribution >= 4 is 20.9 Å². The molecule has 0 bridgehead atoms. The summed E-state index contributed by atoms with van der Waals surface area (Å²) >= 11 is 0. The van der Waals surface area contributed by atoms with Gasteiger partial charge in [0.1, 0.15) is 10.7 Å². The molecule has 1 aliphatic heterocycles. The van der Waals surface area contributed by atoms with Crippen molar-refractivity contribution in [2.45, 2.75) is 38.1 Å². The van der Waals surface area contributed by atoms with Crippen LogP contribution >= 0.6 is 0 Å². The molecule has 2 aromatic heterocycles. The SMILES string of the molecule is CCCN1CCN(S(=O)(=O)c2cnccc2C)C[C@H]1c1cc2cnn(-c3ccc(F)cc3)c2cc1C. The summed E-state index contributed by atoms with van der Waals surface area (Å²) < 4.78 is 43.9. The fourth-order valence-electron chi connectivity index (χ4n) is 5.07. The van der Waals surface area contributed by atoms with E-state index in [4.69, 9.17) is 0 Å². The molecule has 9 heteroatoms. The highest BCUT2D eigenvalue weighted by molar-refractivity contribution is 7.89. The van der Waals surface area contributed by atoms with Crippen LogP contribution in [-0.2, 0) is 10.0 Å². The Morgan fingerprint density at radius 2 is 1.81 bits per heavy atom. The fourth-order valence-corrected chi connectivity index (χ4v) is 6.67. The Labute approximate surface area is 211 Å². The number of benzene rings is 2. The van der Waals surface area contributed by atoms with Crippen molar-refractivity contribution in [1.82, 2.24) is 24.0 Å². The summed E-state index contributed by atoms with van der Waals surface area (Å²) in [5.74, 6) is -0.289. The lowest BCUT2D eigenvalue weighted by Gasteiger charge is -2.41. The van der Waals surface area contributed by atoms with Crippen LogP contribution in [0.3, 0.4) is 0 Å². The lowest BCUT2D eigenvalue weighted by molar-refractivity contribution is 0.118. The molecule has 7 nitrogen and oxygen atoms in total. The molecular formula is C27H30FN5O2S. The van der Waals surface area contributed by atoms with E-state index >= 15 is 0 Å². The Morgan fingerprint density at radius 1 is 1.03 bits per heavy atom. The van der Waals surface area contributed by atoms with Crippen molar-refractivity contribution in [1.29, 1.82) is 0 Å². The van der Waals surface area contributed by atoms with Crippen LogP contribution in [0.5, 0.6) is 0 Å². The third kappa shape index (κ3) is 4.42. The molecule has 0 amide bonds. The first kappa shape index (κ1) is 24.5. The van der Waals surface area contributed by atoms with Gasteiger partial charge in [0.15, 0.2) is 0 Å². The molecule has 0 radical (unpaired) electrons. The molecule has 3 heterocycles. The number of sulfonamides is 1. The van der Waals surface area contributed by atoms with E-state index in [1.165, 1.54) is 18.3 Å². The van der Waals surface area contributed by atoms with E-state index in [9.17, 15) is 12.8 Å². The zero-order chi connectivity index (χ0) is 25.4. The summed E-state index contributed by atoms with van der Waals surface area (Å²) in [5, 5.41) is 5.51. The molecule has 5 rings (SSSR count). The van der Waals surface area contributed by atoms with E-state index in [-0.39, 0.29) is 16.8 Å². The number of aromatic nitrogens is 3. The van der Waals surface area contributed by atoms with Gasteiger partial charge in [0, 0.05) is 43.5 Å². The molecule has 36 heavy (non-hydrogen) atoms. The second kappa shape index (κ2) is 9.72. The molecule has 0 unspecified atom stereocenters. The van der Waals surface area contributed by atoms with Gasteiger partial charge in [0.2, 0.25) is 10.0 Å². The van der Waals surface area contributed by atoms with Gasteiger partial charge in [0.25, 0.3) is 0 Å². The summed E-state index contributed by atoms with van der Waals surface area (Å²) in [7, 11) is -3.67. The number of hydrogen-bond donors (Lipinski definition) is 0. The van der Waals surface area contributed by atoms with Crippen LogP contribution in [0.2, 0.25) is 0 Å². The average Bonchev–Trinajstić information content (AvgIpc) is 3.27. The van der Waals surface area contributed by atoms with Crippen molar-refractivity contribution in [3.05, 3.63) is 83.6 Å². The van der Waals surface area contributed by atoms with Crippen molar-refractivity contribution < 1.29 is 12.8 Å². The molecule has 0 spiro atoms. The minimum atomic E-state index is -3.67. The number of fused-ring (bicyclic) bond motifs is 1. The van der Waals surface area contributed by atoms with Crippen molar-refractivity contribution in [3.8, 4) is 5.69 Å². The minimum absolute atomic E-state index is 0.0796. The zero-order valence-electron chi connectivity index (χ0n) is 20.7. The normalized spacial score (nSPS) is 17.6. The number of pyridine rings is 1. The summed E-state index contributed by atoms with van der Waals surface area (Å²) in [6.07, 6.45) is 5.84. The Balaban J connectivity index is 1.53. The van der Waals surface area contributed by atoms with E-state index in [0.717, 1.165) is 40.7 Å². The predicted octanol–water partition coefficient (Wildman–Crippen LogP) is 4.63. The topological polar surface area (TPSA) is 71.3 Å². The van der Waals surface area contributed by atoms with Crippen LogP contribution in [0.15, 0.2) is 66.0 Å². The highest BCUT2D eigenvalue weighted by atomic mass is 32.2. The molecule has 4 aromatic rings. The second-order valence-corrected chi connectivity index (χ2v) is 11.3. The Kier molecular flexibility index (Phi) is 6.63. The standard InChI is InChI=1S/C27H30FN5O2S/c1-4-11-31-12-13-32(36(34,35)27-17-29-10-9-19(27)2)18-26(31)24-15-21-16-30-33(25(21)14-20(24)3)23-7-5-22(28)6-8-23/h5-10,14-17,26H,4,11-13,18H2,1-3H3/t26-/m0/s1. The molecule has 1 fully saturated rings. The molecule has 2 aromatic carbocycles. The second-order valence-electron chi connectivity index (χ2n) is 9.36. The van der Waals surface area contributed by atoms with Crippen LogP contribution in [0.4, 0.5) is 4.39 Å². The predicted molar refractivity (Wildman–Crippen MR) is 138 cm³/mol. The molecule has 1 saturated heterocycles. The van der Waals surface area contributed by atoms with Gasteiger partial charge in [-0.15, -0.1) is 0 Å². The molecule has 0 saturated carbocycles. The van der Waals surface area contributed by atoms with Gasteiger partial charge in [-0.05, 0) is 86.0 Å². The number of piperazine rings is 1. The smallest absolute Gasteiger partial charge is 0.244 e. The van der Waals surface area contributed by atoms with Crippen LogP contribution in [-0.4, -0.2) is 58.6 Å². The Morgan fingerprint density at radius 3 is 2.53 bits per heavy atom. The summed E-state index contributed by atoms with van der Waals surface area (Å²) in [6.45, 7) is 8.35. The van der Waals surface area contributed by atoms with Crippen molar-refractivity contribution in [2.24, 2.45) is 0 Å². The maximum absolute atomic E-state index is 13.6. The Hall–Kier alpha value is -3.14. The first-order valence-corrected chi connectivity index (χ1v) is 13.6. The summed E-state index contributed by atoms with van der Waals surface area (Å²) in [4.78, 5) is 6.70. The van der Waals surface area contributed by atoms with Crippen LogP contribution < -0.4 is 0 Å². The lowest BCUT2D eigenvalue weighted by atomic mass is 9.96. The number of nitrogens with zero attached hydrogens (tertiary/aromatic N) is 5. The van der Waals surface area contributed by atoms with E-state index in [0.29, 0.717) is 25.2 Å². The number of rotatable bonds is 6. The largest absolute Gasteiger partial charge is 0.294 e. The summed E-state index contributed by atoms with van der Waals surface area (Å²) in [5.41, 5.74) is 4.57. The minimum Gasteiger partial charge on any atom is -0.294 e. The van der Waals surface area contributed by atoms with Crippen LogP contribution in [0, 0.1) is 19.7 Å². The molecule has 0 aliphatic carbocycles. The van der Waals surface area contributed by atoms with Gasteiger partial charge in [-0.25, -0.2) is 17.5 Å². The van der Waals surface area contributed by atoms with E-state index in [2.05, 4.69) is 41.0 Å². The van der Waals surface area contributed by atoms with Crippen molar-refractivity contribution in [2.75, 3.05) is 26.2 Å². The van der Waals surface area contributed by atoms with Gasteiger partial charge in [-0.2, -0.15) is 9.40 Å². The molecular weight excluding hydrogens is 477 g/mol. The average molecular weight is 508 g/mol. The highest BCUT2D eigenvalue weighted by Crippen LogP contribution is 2.34. The maximum Gasteiger partial charge on any atom is 0.244 e. The van der Waals surface area contributed by atoms with Gasteiger partial charge in [0.05, 0.1) is 17.4 Å². The third-order valence-electron chi connectivity index (χ3n) is 6.96. The molecule has 188 valence electrons.